The van der Waals surface area contributed by atoms with Gasteiger partial charge < -0.3 is 5.32 Å². The van der Waals surface area contributed by atoms with Gasteiger partial charge in [-0.2, -0.15) is 31.4 Å². The van der Waals surface area contributed by atoms with Crippen LogP contribution >= 0.6 is 0 Å². The van der Waals surface area contributed by atoms with Crippen LogP contribution in [0.15, 0.2) is 12.3 Å². The Morgan fingerprint density at radius 3 is 2.12 bits per heavy atom. The Hall–Kier alpha value is -1.74. The summed E-state index contributed by atoms with van der Waals surface area (Å²) in [5.74, 6) is -6.64. The maximum Gasteiger partial charge on any atom is 0.409 e. The van der Waals surface area contributed by atoms with Crippen LogP contribution in [0, 0.1) is 5.92 Å². The molecule has 0 aliphatic heterocycles. The van der Waals surface area contributed by atoms with Crippen LogP contribution in [0.3, 0.4) is 0 Å². The number of hydrogen-bond donors (Lipinski definition) is 2. The third-order valence-electron chi connectivity index (χ3n) is 1.68. The lowest BCUT2D eigenvalue weighted by molar-refractivity contribution is -0.272. The van der Waals surface area contributed by atoms with Crippen LogP contribution in [0.25, 0.3) is 0 Å². The fourth-order valence-corrected chi connectivity index (χ4v) is 1.01. The first-order valence-electron chi connectivity index (χ1n) is 4.06. The van der Waals surface area contributed by atoms with E-state index in [1.54, 1.807) is 0 Å². The third-order valence-corrected chi connectivity index (χ3v) is 1.68. The quantitative estimate of drug-likeness (QED) is 0.801. The molecule has 1 aromatic heterocycles. The molecular weight excluding hydrogens is 256 g/mol. The summed E-state index contributed by atoms with van der Waals surface area (Å²) in [6, 6.07) is 1.02. The van der Waals surface area contributed by atoms with E-state index in [1.165, 1.54) is 5.32 Å². The van der Waals surface area contributed by atoms with E-state index < -0.39 is 24.2 Å². The van der Waals surface area contributed by atoms with Crippen LogP contribution in [0.4, 0.5) is 32.2 Å². The van der Waals surface area contributed by atoms with Gasteiger partial charge >= 0.3 is 12.4 Å². The van der Waals surface area contributed by atoms with Gasteiger partial charge in [0.15, 0.2) is 0 Å². The first kappa shape index (κ1) is 13.3. The van der Waals surface area contributed by atoms with Gasteiger partial charge in [-0.25, -0.2) is 0 Å². The molecule has 0 aliphatic carbocycles. The van der Waals surface area contributed by atoms with Gasteiger partial charge in [-0.3, -0.25) is 9.89 Å². The summed E-state index contributed by atoms with van der Waals surface area (Å²) < 4.78 is 72.5. The van der Waals surface area contributed by atoms with Crippen molar-refractivity contribution in [3.63, 3.8) is 0 Å². The maximum absolute atomic E-state index is 12.1. The lowest BCUT2D eigenvalue weighted by Crippen LogP contribution is -2.45. The molecule has 0 bridgehead atoms. The number of carbonyl (C=O) groups excluding carboxylic acids is 1. The van der Waals surface area contributed by atoms with Crippen molar-refractivity contribution in [2.45, 2.75) is 12.4 Å². The average Bonchev–Trinajstić information content (AvgIpc) is 2.49. The molecule has 0 radical (unpaired) electrons. The molecule has 0 aromatic carbocycles. The second kappa shape index (κ2) is 4.26. The lowest BCUT2D eigenvalue weighted by atomic mass is 10.1. The van der Waals surface area contributed by atoms with Crippen molar-refractivity contribution in [3.05, 3.63) is 12.3 Å². The number of nitrogens with one attached hydrogen (secondary N) is 2. The van der Waals surface area contributed by atoms with E-state index in [4.69, 9.17) is 0 Å². The second-order valence-electron chi connectivity index (χ2n) is 2.98. The molecule has 2 N–H and O–H groups in total. The summed E-state index contributed by atoms with van der Waals surface area (Å²) in [7, 11) is 0. The Bertz CT molecular complexity index is 367. The normalized spacial score (nSPS) is 12.9. The van der Waals surface area contributed by atoms with Gasteiger partial charge in [-0.1, -0.05) is 0 Å². The minimum atomic E-state index is -5.71. The molecule has 0 unspecified atom stereocenters. The van der Waals surface area contributed by atoms with Crippen molar-refractivity contribution in [2.24, 2.45) is 5.92 Å². The first-order valence-corrected chi connectivity index (χ1v) is 4.06. The SMILES string of the molecule is O=C(Nc1ccn[nH]1)C(C(F)(F)F)C(F)(F)F. The fraction of sp³-hybridized carbons (Fsp3) is 0.429. The van der Waals surface area contributed by atoms with Crippen molar-refractivity contribution in [2.75, 3.05) is 5.32 Å². The van der Waals surface area contributed by atoms with E-state index in [2.05, 4.69) is 5.10 Å². The van der Waals surface area contributed by atoms with Crippen molar-refractivity contribution in [3.8, 4) is 0 Å². The number of aromatic nitrogens is 2. The average molecular weight is 261 g/mol. The summed E-state index contributed by atoms with van der Waals surface area (Å²) in [5.41, 5.74) is 0. The number of alkyl halides is 6. The van der Waals surface area contributed by atoms with Crippen LogP contribution < -0.4 is 5.32 Å². The Balaban J connectivity index is 2.89. The molecule has 17 heavy (non-hydrogen) atoms. The highest BCUT2D eigenvalue weighted by Crippen LogP contribution is 2.39. The number of anilines is 1. The van der Waals surface area contributed by atoms with Gasteiger partial charge in [-0.15, -0.1) is 0 Å². The summed E-state index contributed by atoms with van der Waals surface area (Å²) >= 11 is 0. The first-order chi connectivity index (χ1) is 7.62. The van der Waals surface area contributed by atoms with E-state index in [1.807, 2.05) is 5.10 Å². The molecule has 1 aromatic rings. The van der Waals surface area contributed by atoms with E-state index >= 15 is 0 Å². The Morgan fingerprint density at radius 1 is 1.24 bits per heavy atom. The van der Waals surface area contributed by atoms with Crippen LogP contribution in [0.2, 0.25) is 0 Å². The predicted molar refractivity (Wildman–Crippen MR) is 42.8 cm³/mol. The topological polar surface area (TPSA) is 57.8 Å². The van der Waals surface area contributed by atoms with Gasteiger partial charge in [0.1, 0.15) is 5.82 Å². The monoisotopic (exact) mass is 261 g/mol. The lowest BCUT2D eigenvalue weighted by Gasteiger charge is -2.21. The second-order valence-corrected chi connectivity index (χ2v) is 2.98. The van der Waals surface area contributed by atoms with Crippen molar-refractivity contribution >= 4 is 11.7 Å². The minimum Gasteiger partial charge on any atom is -0.310 e. The molecule has 0 atom stereocenters. The number of rotatable bonds is 2. The van der Waals surface area contributed by atoms with E-state index in [0.29, 0.717) is 0 Å². The Kier molecular flexibility index (Phi) is 3.34. The summed E-state index contributed by atoms with van der Waals surface area (Å²) in [6.45, 7) is 0. The van der Waals surface area contributed by atoms with Gasteiger partial charge in [0.25, 0.3) is 0 Å². The van der Waals surface area contributed by atoms with Crippen molar-refractivity contribution in [1.29, 1.82) is 0 Å². The standard InChI is InChI=1S/C7H5F6N3O/c8-6(9,10)4(7(11,12)13)5(17)15-3-1-2-14-16-3/h1-2,4H,(H2,14,15,16,17). The molecule has 0 saturated heterocycles. The molecule has 10 heteroatoms. The molecule has 0 aliphatic rings. The smallest absolute Gasteiger partial charge is 0.310 e. The summed E-state index contributed by atoms with van der Waals surface area (Å²) in [6.07, 6.45) is -10.4. The van der Waals surface area contributed by atoms with Crippen LogP contribution in [-0.4, -0.2) is 28.5 Å². The molecule has 96 valence electrons. The number of hydrogen-bond acceptors (Lipinski definition) is 2. The van der Waals surface area contributed by atoms with Crippen LogP contribution in [0.5, 0.6) is 0 Å². The van der Waals surface area contributed by atoms with Crippen molar-refractivity contribution in [1.82, 2.24) is 10.2 Å². The molecule has 0 saturated carbocycles. The minimum absolute atomic E-state index is 0.353. The molecular formula is C7H5F6N3O. The zero-order chi connectivity index (χ0) is 13.3. The highest BCUT2D eigenvalue weighted by molar-refractivity contribution is 5.92. The van der Waals surface area contributed by atoms with Gasteiger partial charge in [0.2, 0.25) is 11.8 Å². The highest BCUT2D eigenvalue weighted by atomic mass is 19.4. The summed E-state index contributed by atoms with van der Waals surface area (Å²) in [4.78, 5) is 10.9. The van der Waals surface area contributed by atoms with Crippen LogP contribution in [-0.2, 0) is 4.79 Å². The molecule has 0 fully saturated rings. The number of amides is 1. The molecule has 1 amide bonds. The van der Waals surface area contributed by atoms with Gasteiger partial charge in [0, 0.05) is 6.07 Å². The maximum atomic E-state index is 12.1. The highest BCUT2D eigenvalue weighted by Gasteiger charge is 2.61. The van der Waals surface area contributed by atoms with Crippen molar-refractivity contribution < 1.29 is 31.1 Å². The molecule has 1 rings (SSSR count). The van der Waals surface area contributed by atoms with E-state index in [0.717, 1.165) is 12.3 Å². The van der Waals surface area contributed by atoms with Gasteiger partial charge in [-0.05, 0) is 0 Å². The number of halogens is 6. The summed E-state index contributed by atoms with van der Waals surface area (Å²) in [5, 5.41) is 6.70. The fourth-order valence-electron chi connectivity index (χ4n) is 1.01. The Labute approximate surface area is 90.0 Å². The molecule has 0 spiro atoms. The van der Waals surface area contributed by atoms with Gasteiger partial charge in [0.05, 0.1) is 6.20 Å². The van der Waals surface area contributed by atoms with E-state index in [9.17, 15) is 31.1 Å². The number of carbonyl (C=O) groups is 1. The molecule has 1 heterocycles. The zero-order valence-corrected chi connectivity index (χ0v) is 7.86. The van der Waals surface area contributed by atoms with E-state index in [-0.39, 0.29) is 5.82 Å². The number of H-pyrrole nitrogens is 1. The third kappa shape index (κ3) is 3.36. The number of aromatic amines is 1. The molecule has 4 nitrogen and oxygen atoms in total. The number of nitrogens with zero attached hydrogens (tertiary/aromatic N) is 1. The zero-order valence-electron chi connectivity index (χ0n) is 7.86. The van der Waals surface area contributed by atoms with Crippen LogP contribution in [0.1, 0.15) is 0 Å². The predicted octanol–water partition coefficient (Wildman–Crippen LogP) is 2.09. The largest absolute Gasteiger partial charge is 0.409 e. The Morgan fingerprint density at radius 2 is 1.76 bits per heavy atom.